The van der Waals surface area contributed by atoms with Crippen LogP contribution in [0.4, 0.5) is 26.7 Å². The SMILES string of the molecule is O=C(O)Oc1cn(Cc2cc(C(F)(F)F)ccc2F)c2c(F)cccc2c1=O. The highest BCUT2D eigenvalue weighted by molar-refractivity contribution is 5.81. The lowest BCUT2D eigenvalue weighted by Crippen LogP contribution is -2.18. The highest BCUT2D eigenvalue weighted by Gasteiger charge is 2.31. The van der Waals surface area contributed by atoms with Crippen LogP contribution < -0.4 is 10.2 Å². The molecule has 0 saturated heterocycles. The second-order valence-corrected chi connectivity index (χ2v) is 5.76. The van der Waals surface area contributed by atoms with Gasteiger partial charge in [-0.2, -0.15) is 13.2 Å². The maximum absolute atomic E-state index is 14.3. The van der Waals surface area contributed by atoms with Crippen molar-refractivity contribution in [3.63, 3.8) is 0 Å². The van der Waals surface area contributed by atoms with E-state index in [1.165, 1.54) is 12.1 Å². The topological polar surface area (TPSA) is 68.5 Å². The Hall–Kier alpha value is -3.43. The first-order chi connectivity index (χ1) is 13.1. The summed E-state index contributed by atoms with van der Waals surface area (Å²) < 4.78 is 72.4. The Morgan fingerprint density at radius 2 is 1.82 bits per heavy atom. The van der Waals surface area contributed by atoms with Crippen LogP contribution in [0.15, 0.2) is 47.4 Å². The number of hydrogen-bond donors (Lipinski definition) is 1. The van der Waals surface area contributed by atoms with Gasteiger partial charge in [-0.1, -0.05) is 6.07 Å². The third kappa shape index (κ3) is 3.66. The molecule has 0 saturated carbocycles. The molecule has 0 atom stereocenters. The van der Waals surface area contributed by atoms with Gasteiger partial charge < -0.3 is 14.4 Å². The number of pyridine rings is 1. The zero-order chi connectivity index (χ0) is 20.6. The molecule has 146 valence electrons. The summed E-state index contributed by atoms with van der Waals surface area (Å²) in [6.45, 7) is -0.608. The summed E-state index contributed by atoms with van der Waals surface area (Å²) in [5, 5.41) is 8.47. The number of halogens is 5. The second kappa shape index (κ2) is 6.95. The van der Waals surface area contributed by atoms with E-state index in [2.05, 4.69) is 4.74 Å². The molecule has 1 aromatic heterocycles. The third-order valence-corrected chi connectivity index (χ3v) is 3.93. The standard InChI is InChI=1S/C18H10F5NO4/c19-12-5-4-10(18(21,22)23)6-9(12)7-24-8-14(28-17(26)27)16(25)11-2-1-3-13(20)15(11)24/h1-6,8H,7H2,(H,26,27). The van der Waals surface area contributed by atoms with Gasteiger partial charge in [-0.15, -0.1) is 0 Å². The molecule has 1 heterocycles. The van der Waals surface area contributed by atoms with E-state index in [0.29, 0.717) is 18.2 Å². The molecule has 0 aliphatic rings. The molecule has 28 heavy (non-hydrogen) atoms. The maximum Gasteiger partial charge on any atom is 0.511 e. The summed E-state index contributed by atoms with van der Waals surface area (Å²) in [4.78, 5) is 23.1. The van der Waals surface area contributed by atoms with Crippen LogP contribution in [-0.2, 0) is 12.7 Å². The van der Waals surface area contributed by atoms with E-state index >= 15 is 0 Å². The van der Waals surface area contributed by atoms with E-state index in [9.17, 15) is 31.5 Å². The monoisotopic (exact) mass is 399 g/mol. The first-order valence-electron chi connectivity index (χ1n) is 7.66. The highest BCUT2D eigenvalue weighted by Crippen LogP contribution is 2.31. The average Bonchev–Trinajstić information content (AvgIpc) is 2.59. The number of benzene rings is 2. The van der Waals surface area contributed by atoms with Gasteiger partial charge in [0.1, 0.15) is 11.6 Å². The average molecular weight is 399 g/mol. The fraction of sp³-hybridized carbons (Fsp3) is 0.111. The summed E-state index contributed by atoms with van der Waals surface area (Å²) in [7, 11) is 0. The Bertz CT molecular complexity index is 1140. The van der Waals surface area contributed by atoms with Crippen molar-refractivity contribution in [2.24, 2.45) is 0 Å². The van der Waals surface area contributed by atoms with Gasteiger partial charge >= 0.3 is 12.3 Å². The van der Waals surface area contributed by atoms with Gasteiger partial charge in [-0.05, 0) is 30.3 Å². The zero-order valence-electron chi connectivity index (χ0n) is 13.8. The summed E-state index contributed by atoms with van der Waals surface area (Å²) >= 11 is 0. The molecule has 3 aromatic rings. The number of carboxylic acid groups (broad SMARTS) is 1. The number of ether oxygens (including phenoxy) is 1. The van der Waals surface area contributed by atoms with E-state index in [-0.39, 0.29) is 10.9 Å². The number of para-hydroxylation sites is 1. The van der Waals surface area contributed by atoms with Crippen molar-refractivity contribution in [1.82, 2.24) is 4.57 Å². The van der Waals surface area contributed by atoms with Crippen LogP contribution >= 0.6 is 0 Å². The van der Waals surface area contributed by atoms with E-state index in [1.54, 1.807) is 0 Å². The van der Waals surface area contributed by atoms with Crippen molar-refractivity contribution in [3.05, 3.63) is 75.6 Å². The van der Waals surface area contributed by atoms with Crippen molar-refractivity contribution in [2.45, 2.75) is 12.7 Å². The van der Waals surface area contributed by atoms with Crippen LogP contribution in [0, 0.1) is 11.6 Å². The number of hydrogen-bond acceptors (Lipinski definition) is 3. The van der Waals surface area contributed by atoms with E-state index in [1.807, 2.05) is 0 Å². The zero-order valence-corrected chi connectivity index (χ0v) is 13.8. The molecular weight excluding hydrogens is 389 g/mol. The molecule has 0 spiro atoms. The van der Waals surface area contributed by atoms with Crippen molar-refractivity contribution in [1.29, 1.82) is 0 Å². The van der Waals surface area contributed by atoms with Crippen LogP contribution in [-0.4, -0.2) is 15.8 Å². The smallest absolute Gasteiger partial charge is 0.449 e. The first-order valence-corrected chi connectivity index (χ1v) is 7.66. The van der Waals surface area contributed by atoms with Gasteiger partial charge in [0.2, 0.25) is 5.43 Å². The summed E-state index contributed by atoms with van der Waals surface area (Å²) in [5.74, 6) is -2.58. The Morgan fingerprint density at radius 3 is 2.46 bits per heavy atom. The summed E-state index contributed by atoms with van der Waals surface area (Å²) in [5.41, 5.74) is -2.82. The van der Waals surface area contributed by atoms with Gasteiger partial charge in [0.05, 0.1) is 29.2 Å². The highest BCUT2D eigenvalue weighted by atomic mass is 19.4. The lowest BCUT2D eigenvalue weighted by atomic mass is 10.1. The molecule has 0 unspecified atom stereocenters. The minimum atomic E-state index is -4.73. The van der Waals surface area contributed by atoms with Crippen molar-refractivity contribution < 1.29 is 36.6 Å². The quantitative estimate of drug-likeness (QED) is 0.524. The fourth-order valence-corrected chi connectivity index (χ4v) is 2.74. The molecule has 0 aliphatic carbocycles. The maximum atomic E-state index is 14.3. The van der Waals surface area contributed by atoms with Crippen LogP contribution in [0.25, 0.3) is 10.9 Å². The molecule has 0 bridgehead atoms. The molecule has 0 aliphatic heterocycles. The first kappa shape index (κ1) is 19.3. The van der Waals surface area contributed by atoms with Gasteiger partial charge in [0.15, 0.2) is 5.75 Å². The number of fused-ring (bicyclic) bond motifs is 1. The minimum absolute atomic E-state index is 0.272. The number of carbonyl (C=O) groups is 1. The molecule has 0 fully saturated rings. The Balaban J connectivity index is 2.22. The van der Waals surface area contributed by atoms with Crippen molar-refractivity contribution in [2.75, 3.05) is 0 Å². The van der Waals surface area contributed by atoms with E-state index in [0.717, 1.165) is 16.8 Å². The Morgan fingerprint density at radius 1 is 1.11 bits per heavy atom. The van der Waals surface area contributed by atoms with Gasteiger partial charge in [-0.3, -0.25) is 4.79 Å². The molecule has 10 heteroatoms. The Kier molecular flexibility index (Phi) is 4.80. The van der Waals surface area contributed by atoms with Gasteiger partial charge in [0, 0.05) is 5.56 Å². The molecule has 3 rings (SSSR count). The summed E-state index contributed by atoms with van der Waals surface area (Å²) in [6.07, 6.45) is -5.73. The predicted octanol–water partition coefficient (Wildman–Crippen LogP) is 4.40. The molecule has 0 amide bonds. The molecule has 1 N–H and O–H groups in total. The Labute approximate surface area is 153 Å². The number of rotatable bonds is 3. The second-order valence-electron chi connectivity index (χ2n) is 5.76. The molecule has 5 nitrogen and oxygen atoms in total. The van der Waals surface area contributed by atoms with Crippen LogP contribution in [0.2, 0.25) is 0 Å². The lowest BCUT2D eigenvalue weighted by molar-refractivity contribution is -0.137. The molecule has 0 radical (unpaired) electrons. The molecule has 2 aromatic carbocycles. The third-order valence-electron chi connectivity index (χ3n) is 3.93. The normalized spacial score (nSPS) is 11.6. The predicted molar refractivity (Wildman–Crippen MR) is 87.3 cm³/mol. The van der Waals surface area contributed by atoms with Gasteiger partial charge in [-0.25, -0.2) is 13.6 Å². The fourth-order valence-electron chi connectivity index (χ4n) is 2.74. The number of aromatic nitrogens is 1. The number of nitrogens with zero attached hydrogens (tertiary/aromatic N) is 1. The minimum Gasteiger partial charge on any atom is -0.449 e. The van der Waals surface area contributed by atoms with Crippen LogP contribution in [0.3, 0.4) is 0 Å². The lowest BCUT2D eigenvalue weighted by Gasteiger charge is -2.15. The largest absolute Gasteiger partial charge is 0.511 e. The van der Waals surface area contributed by atoms with E-state index < -0.39 is 52.8 Å². The van der Waals surface area contributed by atoms with E-state index in [4.69, 9.17) is 5.11 Å². The molecular formula is C18H10F5NO4. The van der Waals surface area contributed by atoms with Crippen molar-refractivity contribution >= 4 is 17.1 Å². The number of alkyl halides is 3. The van der Waals surface area contributed by atoms with Crippen LogP contribution in [0.1, 0.15) is 11.1 Å². The summed E-state index contributed by atoms with van der Waals surface area (Å²) in [6, 6.07) is 5.11. The van der Waals surface area contributed by atoms with Crippen LogP contribution in [0.5, 0.6) is 5.75 Å². The van der Waals surface area contributed by atoms with Crippen molar-refractivity contribution in [3.8, 4) is 5.75 Å². The van der Waals surface area contributed by atoms with Gasteiger partial charge in [0.25, 0.3) is 0 Å².